The fraction of sp³-hybridized carbons (Fsp3) is 0.300. The van der Waals surface area contributed by atoms with Gasteiger partial charge in [-0.3, -0.25) is 4.79 Å². The van der Waals surface area contributed by atoms with Gasteiger partial charge < -0.3 is 10.4 Å². The van der Waals surface area contributed by atoms with Crippen LogP contribution in [0.3, 0.4) is 0 Å². The summed E-state index contributed by atoms with van der Waals surface area (Å²) in [5.41, 5.74) is 4.37. The van der Waals surface area contributed by atoms with Crippen LogP contribution in [0.15, 0.2) is 42.5 Å². The van der Waals surface area contributed by atoms with Gasteiger partial charge in [0.2, 0.25) is 5.91 Å². The SMILES string of the molecule is Cc1ccc2c(c1)C(NC(=O)Cc1ccccc1C(=O)O)C(C)C2. The normalized spacial score (nSPS) is 18.9. The van der Waals surface area contributed by atoms with Gasteiger partial charge in [0.25, 0.3) is 0 Å². The number of benzene rings is 2. The van der Waals surface area contributed by atoms with E-state index >= 15 is 0 Å². The number of hydrogen-bond donors (Lipinski definition) is 2. The molecular weight excluding hydrogens is 302 g/mol. The summed E-state index contributed by atoms with van der Waals surface area (Å²) in [6, 6.07) is 13.0. The minimum Gasteiger partial charge on any atom is -0.478 e. The maximum Gasteiger partial charge on any atom is 0.335 e. The molecule has 0 saturated heterocycles. The fourth-order valence-corrected chi connectivity index (χ4v) is 3.46. The van der Waals surface area contributed by atoms with Crippen LogP contribution >= 0.6 is 0 Å². The molecule has 0 aromatic heterocycles. The molecule has 0 bridgehead atoms. The largest absolute Gasteiger partial charge is 0.478 e. The van der Waals surface area contributed by atoms with Crippen LogP contribution in [0.1, 0.15) is 45.6 Å². The third kappa shape index (κ3) is 3.18. The Morgan fingerprint density at radius 2 is 1.96 bits per heavy atom. The Bertz CT molecular complexity index is 797. The Kier molecular flexibility index (Phi) is 4.38. The van der Waals surface area contributed by atoms with Crippen molar-refractivity contribution in [1.29, 1.82) is 0 Å². The number of amides is 1. The number of rotatable bonds is 4. The summed E-state index contributed by atoms with van der Waals surface area (Å²) in [6.07, 6.45) is 1.03. The van der Waals surface area contributed by atoms with E-state index in [4.69, 9.17) is 0 Å². The molecule has 0 aliphatic heterocycles. The molecule has 3 rings (SSSR count). The quantitative estimate of drug-likeness (QED) is 0.907. The van der Waals surface area contributed by atoms with Gasteiger partial charge in [0.15, 0.2) is 0 Å². The minimum absolute atomic E-state index is 0.00982. The van der Waals surface area contributed by atoms with Crippen LogP contribution < -0.4 is 5.32 Å². The van der Waals surface area contributed by atoms with E-state index in [0.29, 0.717) is 11.5 Å². The summed E-state index contributed by atoms with van der Waals surface area (Å²) >= 11 is 0. The number of carboxylic acids is 1. The number of hydrogen-bond acceptors (Lipinski definition) is 2. The van der Waals surface area contributed by atoms with Crippen molar-refractivity contribution >= 4 is 11.9 Å². The van der Waals surface area contributed by atoms with Gasteiger partial charge in [-0.25, -0.2) is 4.79 Å². The third-order valence-corrected chi connectivity index (χ3v) is 4.66. The summed E-state index contributed by atoms with van der Waals surface area (Å²) in [5.74, 6) is -0.816. The molecule has 1 amide bonds. The molecule has 0 fully saturated rings. The number of aryl methyl sites for hydroxylation is 1. The number of fused-ring (bicyclic) bond motifs is 1. The van der Waals surface area contributed by atoms with Crippen LogP contribution in [0.2, 0.25) is 0 Å². The average Bonchev–Trinajstić information content (AvgIpc) is 2.83. The Morgan fingerprint density at radius 1 is 1.21 bits per heavy atom. The lowest BCUT2D eigenvalue weighted by Crippen LogP contribution is -2.32. The highest BCUT2D eigenvalue weighted by Gasteiger charge is 2.30. The molecule has 0 spiro atoms. The lowest BCUT2D eigenvalue weighted by Gasteiger charge is -2.19. The standard InChI is InChI=1S/C20H21NO3/c1-12-7-8-15-10-13(2)19(17(15)9-12)21-18(22)11-14-5-3-4-6-16(14)20(23)24/h3-9,13,19H,10-11H2,1-2H3,(H,21,22)(H,23,24). The topological polar surface area (TPSA) is 66.4 Å². The van der Waals surface area contributed by atoms with Gasteiger partial charge in [-0.2, -0.15) is 0 Å². The van der Waals surface area contributed by atoms with Crippen molar-refractivity contribution in [1.82, 2.24) is 5.32 Å². The van der Waals surface area contributed by atoms with Crippen molar-refractivity contribution in [2.24, 2.45) is 5.92 Å². The molecular formula is C20H21NO3. The van der Waals surface area contributed by atoms with Gasteiger partial charge in [-0.15, -0.1) is 0 Å². The highest BCUT2D eigenvalue weighted by molar-refractivity contribution is 5.91. The van der Waals surface area contributed by atoms with E-state index in [2.05, 4.69) is 30.4 Å². The Morgan fingerprint density at radius 3 is 2.71 bits per heavy atom. The van der Waals surface area contributed by atoms with Crippen molar-refractivity contribution in [2.75, 3.05) is 0 Å². The molecule has 1 aliphatic rings. The van der Waals surface area contributed by atoms with Crippen molar-refractivity contribution in [3.8, 4) is 0 Å². The second kappa shape index (κ2) is 6.48. The van der Waals surface area contributed by atoms with E-state index in [-0.39, 0.29) is 23.9 Å². The second-order valence-corrected chi connectivity index (χ2v) is 6.57. The highest BCUT2D eigenvalue weighted by Crippen LogP contribution is 2.36. The molecule has 2 atom stereocenters. The molecule has 0 radical (unpaired) electrons. The molecule has 2 N–H and O–H groups in total. The molecule has 24 heavy (non-hydrogen) atoms. The molecule has 124 valence electrons. The van der Waals surface area contributed by atoms with E-state index < -0.39 is 5.97 Å². The van der Waals surface area contributed by atoms with Crippen LogP contribution in [0.25, 0.3) is 0 Å². The van der Waals surface area contributed by atoms with Crippen molar-refractivity contribution < 1.29 is 14.7 Å². The molecule has 2 aromatic rings. The Labute approximate surface area is 141 Å². The van der Waals surface area contributed by atoms with Crippen molar-refractivity contribution in [3.63, 3.8) is 0 Å². The molecule has 4 nitrogen and oxygen atoms in total. The predicted molar refractivity (Wildman–Crippen MR) is 92.0 cm³/mol. The summed E-state index contributed by atoms with van der Waals surface area (Å²) in [7, 11) is 0. The van der Waals surface area contributed by atoms with Gasteiger partial charge in [-0.1, -0.05) is 48.9 Å². The first-order valence-corrected chi connectivity index (χ1v) is 8.15. The van der Waals surface area contributed by atoms with E-state index in [1.54, 1.807) is 18.2 Å². The lowest BCUT2D eigenvalue weighted by molar-refractivity contribution is -0.121. The zero-order valence-electron chi connectivity index (χ0n) is 13.9. The van der Waals surface area contributed by atoms with Gasteiger partial charge >= 0.3 is 5.97 Å². The zero-order chi connectivity index (χ0) is 17.3. The second-order valence-electron chi connectivity index (χ2n) is 6.57. The van der Waals surface area contributed by atoms with E-state index in [9.17, 15) is 14.7 Å². The van der Waals surface area contributed by atoms with Gasteiger partial charge in [0.05, 0.1) is 18.0 Å². The van der Waals surface area contributed by atoms with Crippen molar-refractivity contribution in [3.05, 3.63) is 70.3 Å². The van der Waals surface area contributed by atoms with Gasteiger partial charge in [-0.05, 0) is 42.0 Å². The highest BCUT2D eigenvalue weighted by atomic mass is 16.4. The summed E-state index contributed by atoms with van der Waals surface area (Å²) in [5, 5.41) is 12.3. The van der Waals surface area contributed by atoms with Gasteiger partial charge in [0, 0.05) is 0 Å². The summed E-state index contributed by atoms with van der Waals surface area (Å²) in [4.78, 5) is 23.7. The number of carbonyl (C=O) groups is 2. The number of carboxylic acid groups (broad SMARTS) is 1. The summed E-state index contributed by atoms with van der Waals surface area (Å²) < 4.78 is 0. The molecule has 0 heterocycles. The monoisotopic (exact) mass is 323 g/mol. The first kappa shape index (κ1) is 16.2. The van der Waals surface area contributed by atoms with E-state index in [0.717, 1.165) is 6.42 Å². The fourth-order valence-electron chi connectivity index (χ4n) is 3.46. The molecule has 1 aliphatic carbocycles. The minimum atomic E-state index is -1.01. The van der Waals surface area contributed by atoms with Crippen LogP contribution in [0, 0.1) is 12.8 Å². The average molecular weight is 323 g/mol. The molecule has 2 unspecified atom stereocenters. The zero-order valence-corrected chi connectivity index (χ0v) is 13.9. The predicted octanol–water partition coefficient (Wildman–Crippen LogP) is 3.29. The maximum absolute atomic E-state index is 12.5. The van der Waals surface area contributed by atoms with Crippen LogP contribution in [0.4, 0.5) is 0 Å². The van der Waals surface area contributed by atoms with Crippen LogP contribution in [0.5, 0.6) is 0 Å². The van der Waals surface area contributed by atoms with Crippen molar-refractivity contribution in [2.45, 2.75) is 32.7 Å². The van der Waals surface area contributed by atoms with Crippen LogP contribution in [-0.4, -0.2) is 17.0 Å². The third-order valence-electron chi connectivity index (χ3n) is 4.66. The maximum atomic E-state index is 12.5. The first-order chi connectivity index (χ1) is 11.5. The smallest absolute Gasteiger partial charge is 0.335 e. The number of carbonyl (C=O) groups excluding carboxylic acids is 1. The Balaban J connectivity index is 1.77. The number of aromatic carboxylic acids is 1. The molecule has 4 heteroatoms. The first-order valence-electron chi connectivity index (χ1n) is 8.15. The number of nitrogens with one attached hydrogen (secondary N) is 1. The Hall–Kier alpha value is -2.62. The van der Waals surface area contributed by atoms with Crippen LogP contribution in [-0.2, 0) is 17.6 Å². The molecule has 2 aromatic carbocycles. The van der Waals surface area contributed by atoms with E-state index in [1.165, 1.54) is 22.8 Å². The molecule has 0 saturated carbocycles. The van der Waals surface area contributed by atoms with Gasteiger partial charge in [0.1, 0.15) is 0 Å². The summed E-state index contributed by atoms with van der Waals surface area (Å²) in [6.45, 7) is 4.18. The lowest BCUT2D eigenvalue weighted by atomic mass is 10.00. The van der Waals surface area contributed by atoms with E-state index in [1.807, 2.05) is 6.92 Å².